The standard InChI is InChI=1S/C13H24N2O3/c1-13(11-16)3-2-4-14(10-13)9-12(17)15-5-7-18-8-6-15/h16H,2-11H2,1H3. The maximum Gasteiger partial charge on any atom is 0.236 e. The van der Waals surface area contributed by atoms with Gasteiger partial charge in [0.2, 0.25) is 5.91 Å². The number of piperidine rings is 1. The molecule has 1 N–H and O–H groups in total. The number of aliphatic hydroxyl groups is 1. The maximum absolute atomic E-state index is 12.1. The minimum atomic E-state index is -0.0382. The van der Waals surface area contributed by atoms with Crippen LogP contribution in [0.15, 0.2) is 0 Å². The number of aliphatic hydroxyl groups excluding tert-OH is 1. The highest BCUT2D eigenvalue weighted by molar-refractivity contribution is 5.78. The third-order valence-electron chi connectivity index (χ3n) is 3.96. The van der Waals surface area contributed by atoms with Gasteiger partial charge in [-0.25, -0.2) is 0 Å². The number of rotatable bonds is 3. The number of nitrogens with zero attached hydrogens (tertiary/aromatic N) is 2. The van der Waals surface area contributed by atoms with Crippen LogP contribution in [0.25, 0.3) is 0 Å². The molecular formula is C13H24N2O3. The zero-order valence-electron chi connectivity index (χ0n) is 11.2. The van der Waals surface area contributed by atoms with E-state index >= 15 is 0 Å². The van der Waals surface area contributed by atoms with Crippen LogP contribution in [0.4, 0.5) is 0 Å². The van der Waals surface area contributed by atoms with Crippen molar-refractivity contribution in [1.82, 2.24) is 9.80 Å². The van der Waals surface area contributed by atoms with E-state index in [1.54, 1.807) is 0 Å². The molecule has 0 radical (unpaired) electrons. The molecule has 0 spiro atoms. The van der Waals surface area contributed by atoms with Crippen LogP contribution < -0.4 is 0 Å². The summed E-state index contributed by atoms with van der Waals surface area (Å²) in [5.41, 5.74) is -0.0382. The SMILES string of the molecule is CC1(CO)CCCN(CC(=O)N2CCOCC2)C1. The highest BCUT2D eigenvalue weighted by Gasteiger charge is 2.31. The van der Waals surface area contributed by atoms with E-state index in [0.29, 0.717) is 32.8 Å². The number of hydrogen-bond acceptors (Lipinski definition) is 4. The average molecular weight is 256 g/mol. The summed E-state index contributed by atoms with van der Waals surface area (Å²) in [6.07, 6.45) is 2.11. The molecule has 0 aromatic heterocycles. The monoisotopic (exact) mass is 256 g/mol. The van der Waals surface area contributed by atoms with Gasteiger partial charge in [-0.05, 0) is 19.4 Å². The van der Waals surface area contributed by atoms with E-state index in [-0.39, 0.29) is 17.9 Å². The van der Waals surface area contributed by atoms with Crippen molar-refractivity contribution in [3.05, 3.63) is 0 Å². The van der Waals surface area contributed by atoms with Gasteiger partial charge in [-0.15, -0.1) is 0 Å². The van der Waals surface area contributed by atoms with Crippen molar-refractivity contribution in [2.75, 3.05) is 52.5 Å². The molecule has 2 aliphatic rings. The van der Waals surface area contributed by atoms with E-state index in [9.17, 15) is 9.90 Å². The molecule has 1 amide bonds. The van der Waals surface area contributed by atoms with E-state index in [0.717, 1.165) is 25.9 Å². The molecule has 2 heterocycles. The number of hydrogen-bond donors (Lipinski definition) is 1. The van der Waals surface area contributed by atoms with Gasteiger partial charge in [-0.2, -0.15) is 0 Å². The Bertz CT molecular complexity index is 292. The van der Waals surface area contributed by atoms with Crippen LogP contribution in [0.2, 0.25) is 0 Å². The number of amides is 1. The normalized spacial score (nSPS) is 30.4. The van der Waals surface area contributed by atoms with E-state index < -0.39 is 0 Å². The molecule has 2 aliphatic heterocycles. The van der Waals surface area contributed by atoms with Gasteiger partial charge in [-0.1, -0.05) is 6.92 Å². The third-order valence-corrected chi connectivity index (χ3v) is 3.96. The van der Waals surface area contributed by atoms with Crippen molar-refractivity contribution < 1.29 is 14.6 Å². The summed E-state index contributed by atoms with van der Waals surface area (Å²) in [4.78, 5) is 16.2. The van der Waals surface area contributed by atoms with Gasteiger partial charge in [0.25, 0.3) is 0 Å². The topological polar surface area (TPSA) is 53.0 Å². The van der Waals surface area contributed by atoms with Crippen molar-refractivity contribution in [3.63, 3.8) is 0 Å². The summed E-state index contributed by atoms with van der Waals surface area (Å²) in [5, 5.41) is 9.41. The Morgan fingerprint density at radius 2 is 2.06 bits per heavy atom. The molecule has 1 unspecified atom stereocenters. The Morgan fingerprint density at radius 1 is 1.33 bits per heavy atom. The summed E-state index contributed by atoms with van der Waals surface area (Å²) in [5.74, 6) is 0.195. The van der Waals surface area contributed by atoms with E-state index in [1.165, 1.54) is 0 Å². The first-order chi connectivity index (χ1) is 8.63. The van der Waals surface area contributed by atoms with Crippen LogP contribution in [0.5, 0.6) is 0 Å². The fourth-order valence-electron chi connectivity index (χ4n) is 2.80. The molecule has 5 nitrogen and oxygen atoms in total. The van der Waals surface area contributed by atoms with E-state index in [1.807, 2.05) is 4.90 Å². The first kappa shape index (κ1) is 13.8. The molecule has 5 heteroatoms. The summed E-state index contributed by atoms with van der Waals surface area (Å²) in [6, 6.07) is 0. The zero-order chi connectivity index (χ0) is 13.0. The second-order valence-corrected chi connectivity index (χ2v) is 5.78. The van der Waals surface area contributed by atoms with Gasteiger partial charge in [0.1, 0.15) is 0 Å². The molecule has 2 saturated heterocycles. The van der Waals surface area contributed by atoms with Crippen molar-refractivity contribution in [3.8, 4) is 0 Å². The lowest BCUT2D eigenvalue weighted by atomic mass is 9.83. The van der Waals surface area contributed by atoms with Gasteiger partial charge in [0.05, 0.1) is 19.8 Å². The summed E-state index contributed by atoms with van der Waals surface area (Å²) in [6.45, 7) is 7.29. The van der Waals surface area contributed by atoms with Gasteiger partial charge in [0.15, 0.2) is 0 Å². The molecule has 0 aromatic rings. The Balaban J connectivity index is 1.83. The second kappa shape index (κ2) is 5.99. The largest absolute Gasteiger partial charge is 0.396 e. The molecular weight excluding hydrogens is 232 g/mol. The molecule has 0 saturated carbocycles. The Labute approximate surface area is 109 Å². The molecule has 2 fully saturated rings. The van der Waals surface area contributed by atoms with Crippen LogP contribution >= 0.6 is 0 Å². The van der Waals surface area contributed by atoms with Crippen LogP contribution in [-0.4, -0.2) is 73.4 Å². The lowest BCUT2D eigenvalue weighted by molar-refractivity contribution is -0.137. The first-order valence-electron chi connectivity index (χ1n) is 6.82. The van der Waals surface area contributed by atoms with Crippen LogP contribution in [-0.2, 0) is 9.53 Å². The number of ether oxygens (including phenoxy) is 1. The number of morpholine rings is 1. The maximum atomic E-state index is 12.1. The second-order valence-electron chi connectivity index (χ2n) is 5.78. The predicted octanol–water partition coefficient (Wildman–Crippen LogP) is -0.0604. The Morgan fingerprint density at radius 3 is 2.72 bits per heavy atom. The lowest BCUT2D eigenvalue weighted by Gasteiger charge is -2.40. The average Bonchev–Trinajstić information content (AvgIpc) is 2.40. The van der Waals surface area contributed by atoms with Crippen LogP contribution in [0.1, 0.15) is 19.8 Å². The summed E-state index contributed by atoms with van der Waals surface area (Å²) >= 11 is 0. The van der Waals surface area contributed by atoms with Crippen molar-refractivity contribution in [1.29, 1.82) is 0 Å². The van der Waals surface area contributed by atoms with Crippen LogP contribution in [0.3, 0.4) is 0 Å². The third kappa shape index (κ3) is 3.43. The lowest BCUT2D eigenvalue weighted by Crippen LogP contribution is -2.50. The molecule has 1 atom stereocenters. The molecule has 104 valence electrons. The van der Waals surface area contributed by atoms with Crippen molar-refractivity contribution in [2.24, 2.45) is 5.41 Å². The van der Waals surface area contributed by atoms with E-state index in [2.05, 4.69) is 11.8 Å². The van der Waals surface area contributed by atoms with Gasteiger partial charge < -0.3 is 14.7 Å². The van der Waals surface area contributed by atoms with E-state index in [4.69, 9.17) is 4.74 Å². The van der Waals surface area contributed by atoms with Gasteiger partial charge >= 0.3 is 0 Å². The number of carbonyl (C=O) groups is 1. The number of carbonyl (C=O) groups excluding carboxylic acids is 1. The summed E-state index contributed by atoms with van der Waals surface area (Å²) < 4.78 is 5.25. The van der Waals surface area contributed by atoms with Crippen molar-refractivity contribution in [2.45, 2.75) is 19.8 Å². The molecule has 0 aliphatic carbocycles. The highest BCUT2D eigenvalue weighted by atomic mass is 16.5. The minimum absolute atomic E-state index is 0.0382. The molecule has 0 bridgehead atoms. The predicted molar refractivity (Wildman–Crippen MR) is 68.3 cm³/mol. The molecule has 18 heavy (non-hydrogen) atoms. The van der Waals surface area contributed by atoms with Gasteiger partial charge in [0, 0.05) is 31.7 Å². The number of likely N-dealkylation sites (tertiary alicyclic amines) is 1. The summed E-state index contributed by atoms with van der Waals surface area (Å²) in [7, 11) is 0. The molecule has 2 rings (SSSR count). The fourth-order valence-corrected chi connectivity index (χ4v) is 2.80. The minimum Gasteiger partial charge on any atom is -0.396 e. The van der Waals surface area contributed by atoms with Crippen LogP contribution in [0, 0.1) is 5.41 Å². The zero-order valence-corrected chi connectivity index (χ0v) is 11.2. The highest BCUT2D eigenvalue weighted by Crippen LogP contribution is 2.28. The fraction of sp³-hybridized carbons (Fsp3) is 0.923. The van der Waals surface area contributed by atoms with Crippen molar-refractivity contribution >= 4 is 5.91 Å². The van der Waals surface area contributed by atoms with Gasteiger partial charge in [-0.3, -0.25) is 9.69 Å². The quantitative estimate of drug-likeness (QED) is 0.768. The Kier molecular flexibility index (Phi) is 4.59. The smallest absolute Gasteiger partial charge is 0.236 e. The first-order valence-corrected chi connectivity index (χ1v) is 6.82. The molecule has 0 aromatic carbocycles. The Hall–Kier alpha value is -0.650.